The monoisotopic (exact) mass is 1290 g/mol. The summed E-state index contributed by atoms with van der Waals surface area (Å²) in [5.41, 5.74) is 1.97. The van der Waals surface area contributed by atoms with E-state index in [9.17, 15) is 19.2 Å². The van der Waals surface area contributed by atoms with Gasteiger partial charge in [0.1, 0.15) is 19.3 Å². The maximum atomic E-state index is 13.1. The molecule has 4 aliphatic rings. The lowest BCUT2D eigenvalue weighted by Gasteiger charge is -2.58. The molecule has 0 bridgehead atoms. The van der Waals surface area contributed by atoms with Gasteiger partial charge in [-0.3, -0.25) is 19.2 Å². The van der Waals surface area contributed by atoms with Gasteiger partial charge in [0, 0.05) is 34.0 Å². The third kappa shape index (κ3) is 34.5. The smallest absolute Gasteiger partial charge is 0.306 e. The molecular weight excluding hydrogens is 1140 g/mol. The normalized spacial score (nSPS) is 22.8. The summed E-state index contributed by atoms with van der Waals surface area (Å²) in [5.74, 6) is 1.15. The lowest BCUT2D eigenvalue weighted by Crippen LogP contribution is -2.52. The summed E-state index contributed by atoms with van der Waals surface area (Å²) in [4.78, 5) is 51.9. The minimum Gasteiger partial charge on any atom is -0.462 e. The van der Waals surface area contributed by atoms with Crippen LogP contribution in [0.15, 0.2) is 60.3 Å². The van der Waals surface area contributed by atoms with Gasteiger partial charge in [-0.25, -0.2) is 0 Å². The molecule has 0 aromatic rings. The van der Waals surface area contributed by atoms with Gasteiger partial charge < -0.3 is 23.7 Å². The summed E-state index contributed by atoms with van der Waals surface area (Å²) < 4.78 is 30.4. The summed E-state index contributed by atoms with van der Waals surface area (Å²) in [6.07, 6.45) is 77.4. The topological polar surface area (TPSA) is 114 Å². The number of allylic oxidation sites excluding steroid dienone is 7. The Morgan fingerprint density at radius 2 is 0.848 bits per heavy atom. The molecule has 0 heterocycles. The molecule has 0 aliphatic heterocycles. The molecule has 4 rings (SSSR count). The van der Waals surface area contributed by atoms with Crippen LogP contribution in [0.2, 0.25) is 0 Å². The molecule has 5 unspecified atom stereocenters. The van der Waals surface area contributed by atoms with Crippen LogP contribution < -0.4 is 0 Å². The maximum absolute atomic E-state index is 13.1. The number of fused-ring (bicyclic) bond motifs is 5. The molecule has 0 aromatic carbocycles. The Morgan fingerprint density at radius 3 is 1.34 bits per heavy atom. The zero-order valence-corrected chi connectivity index (χ0v) is 60.6. The Bertz CT molecular complexity index is 2080. The molecule has 532 valence electrons. The van der Waals surface area contributed by atoms with E-state index in [1.807, 2.05) is 0 Å². The minimum atomic E-state index is -0.816. The molecule has 0 saturated heterocycles. The maximum Gasteiger partial charge on any atom is 0.306 e. The van der Waals surface area contributed by atoms with Gasteiger partial charge in [0.15, 0.2) is 6.10 Å². The number of hydrogen-bond donors (Lipinski definition) is 0. The second-order valence-electron chi connectivity index (χ2n) is 29.4. The third-order valence-corrected chi connectivity index (χ3v) is 21.6. The molecular formula is C83H146O9. The van der Waals surface area contributed by atoms with Gasteiger partial charge in [-0.05, 0) is 177 Å². The molecule has 0 N–H and O–H groups in total. The van der Waals surface area contributed by atoms with Crippen molar-refractivity contribution in [2.75, 3.05) is 13.2 Å². The molecule has 9 atom stereocenters. The van der Waals surface area contributed by atoms with Crippen LogP contribution in [0.5, 0.6) is 0 Å². The lowest BCUT2D eigenvalue weighted by atomic mass is 9.47. The number of rotatable bonds is 57. The van der Waals surface area contributed by atoms with Crippen molar-refractivity contribution >= 4 is 23.9 Å². The Labute approximate surface area is 568 Å². The molecule has 0 amide bonds. The van der Waals surface area contributed by atoms with E-state index in [-0.39, 0.29) is 69.1 Å². The van der Waals surface area contributed by atoms with Crippen molar-refractivity contribution in [2.24, 2.45) is 28.6 Å². The first-order valence-electron chi connectivity index (χ1n) is 39.7. The van der Waals surface area contributed by atoms with Crippen molar-refractivity contribution in [3.63, 3.8) is 0 Å². The van der Waals surface area contributed by atoms with E-state index in [4.69, 9.17) is 23.7 Å². The minimum absolute atomic E-state index is 0. The summed E-state index contributed by atoms with van der Waals surface area (Å²) in [6, 6.07) is 0. The molecule has 9 nitrogen and oxygen atoms in total. The molecule has 9 heteroatoms. The standard InChI is InChI=1S/C83H142O9.2H2/c1-7-11-15-19-21-23-25-27-29-31-33-35-39-44-50-55-78(84)88-68-73(91-80(86)57-52-46-40-36-34-32-30-28-26-24-22-20-16-12-8-2)69-89-79(85)56-51-45-41-37-38-43-48-54-71(53-47-42-17-13-9-3)90-72-63-65-82(5)70(67-72)59-60-74-75-61-62-77(83(75,6)66-64-76(74)82)92-81(87)58-49-18-14-10-4;;/h27-30,47-48,53-54,67,71-77H,7-26,31-46,49-52,55-66,68-69H2,1-6H3;2*1H/b29-27-,30-28-,53-47-,54-48-;;/t71?,72?,73?,74-,75?,76?,77-,82-,83-;;/m0../s1. The van der Waals surface area contributed by atoms with Gasteiger partial charge in [0.25, 0.3) is 0 Å². The first kappa shape index (κ1) is 81.0. The van der Waals surface area contributed by atoms with Crippen molar-refractivity contribution in [3.8, 4) is 0 Å². The quantitative estimate of drug-likeness (QED) is 0.0254. The van der Waals surface area contributed by atoms with Crippen LogP contribution in [0.1, 0.15) is 378 Å². The van der Waals surface area contributed by atoms with Gasteiger partial charge in [-0.1, -0.05) is 256 Å². The number of carbonyl (C=O) groups is 4. The van der Waals surface area contributed by atoms with E-state index in [0.717, 1.165) is 141 Å². The van der Waals surface area contributed by atoms with Crippen LogP contribution in [0, 0.1) is 28.6 Å². The largest absolute Gasteiger partial charge is 0.462 e. The number of ether oxygens (including phenoxy) is 5. The van der Waals surface area contributed by atoms with Crippen molar-refractivity contribution in [3.05, 3.63) is 60.3 Å². The lowest BCUT2D eigenvalue weighted by molar-refractivity contribution is -0.167. The Morgan fingerprint density at radius 1 is 0.446 bits per heavy atom. The SMILES string of the molecule is CCCCC/C=C\C(/C=C\CCCCCCCC(=O)OCC(COC(=O)CCCCCCC/C=C\CCCCCCCC)OC(=O)CCCCCCC/C=C\CCCCCCCC)OC1C=C2CC[C@@H]3C(CC[C@@]4(C)C3CC[C@@H]4OC(=O)CCCCCC)[C@@]2(C)CC1.[HH].[HH]. The molecule has 4 aliphatic carbocycles. The summed E-state index contributed by atoms with van der Waals surface area (Å²) in [7, 11) is 0. The summed E-state index contributed by atoms with van der Waals surface area (Å²) in [6.45, 7) is 13.8. The average molecular weight is 1290 g/mol. The van der Waals surface area contributed by atoms with Gasteiger partial charge in [-0.2, -0.15) is 0 Å². The highest BCUT2D eigenvalue weighted by atomic mass is 16.6. The van der Waals surface area contributed by atoms with Gasteiger partial charge in [-0.15, -0.1) is 0 Å². The number of esters is 4. The zero-order chi connectivity index (χ0) is 66.0. The van der Waals surface area contributed by atoms with Gasteiger partial charge in [0.05, 0.1) is 12.2 Å². The van der Waals surface area contributed by atoms with E-state index >= 15 is 0 Å². The molecule has 3 saturated carbocycles. The fourth-order valence-electron chi connectivity index (χ4n) is 15.8. The van der Waals surface area contributed by atoms with E-state index in [1.165, 1.54) is 167 Å². The first-order chi connectivity index (χ1) is 45.0. The highest BCUT2D eigenvalue weighted by Crippen LogP contribution is 2.66. The van der Waals surface area contributed by atoms with Crippen LogP contribution in [0.25, 0.3) is 0 Å². The summed E-state index contributed by atoms with van der Waals surface area (Å²) in [5, 5.41) is 0. The van der Waals surface area contributed by atoms with Crippen LogP contribution in [0.3, 0.4) is 0 Å². The fourth-order valence-corrected chi connectivity index (χ4v) is 15.8. The highest BCUT2D eigenvalue weighted by molar-refractivity contribution is 5.71. The van der Waals surface area contributed by atoms with Gasteiger partial charge in [0.2, 0.25) is 0 Å². The third-order valence-electron chi connectivity index (χ3n) is 21.6. The van der Waals surface area contributed by atoms with Crippen molar-refractivity contribution in [1.82, 2.24) is 0 Å². The molecule has 0 spiro atoms. The Kier molecular flexibility index (Phi) is 45.6. The molecule has 0 radical (unpaired) electrons. The number of hydrogen-bond acceptors (Lipinski definition) is 9. The zero-order valence-electron chi connectivity index (χ0n) is 60.6. The van der Waals surface area contributed by atoms with Crippen LogP contribution in [-0.2, 0) is 42.9 Å². The van der Waals surface area contributed by atoms with E-state index in [0.29, 0.717) is 43.4 Å². The average Bonchev–Trinajstić information content (AvgIpc) is 1.32. The van der Waals surface area contributed by atoms with E-state index in [1.54, 1.807) is 5.57 Å². The second-order valence-corrected chi connectivity index (χ2v) is 29.4. The predicted molar refractivity (Wildman–Crippen MR) is 389 cm³/mol. The molecule has 92 heavy (non-hydrogen) atoms. The summed E-state index contributed by atoms with van der Waals surface area (Å²) >= 11 is 0. The Balaban J connectivity index is 0.0000150. The fraction of sp³-hybridized carbons (Fsp3) is 0.831. The van der Waals surface area contributed by atoms with Crippen LogP contribution in [-0.4, -0.2) is 61.5 Å². The van der Waals surface area contributed by atoms with Gasteiger partial charge >= 0.3 is 23.9 Å². The van der Waals surface area contributed by atoms with Crippen LogP contribution in [0.4, 0.5) is 0 Å². The Hall–Kier alpha value is -3.46. The first-order valence-corrected chi connectivity index (χ1v) is 39.7. The van der Waals surface area contributed by atoms with Crippen molar-refractivity contribution in [2.45, 2.75) is 400 Å². The predicted octanol–water partition coefficient (Wildman–Crippen LogP) is 24.6. The van der Waals surface area contributed by atoms with Crippen LogP contribution >= 0.6 is 0 Å². The molecule has 0 aromatic heterocycles. The molecule has 3 fully saturated rings. The van der Waals surface area contributed by atoms with E-state index < -0.39 is 6.10 Å². The number of unbranched alkanes of at least 4 members (excludes halogenated alkanes) is 33. The van der Waals surface area contributed by atoms with Crippen molar-refractivity contribution < 1.29 is 45.7 Å². The van der Waals surface area contributed by atoms with Crippen molar-refractivity contribution in [1.29, 1.82) is 0 Å². The highest BCUT2D eigenvalue weighted by Gasteiger charge is 2.60. The second kappa shape index (κ2) is 51.8. The number of carbonyl (C=O) groups excluding carboxylic acids is 4. The van der Waals surface area contributed by atoms with E-state index in [2.05, 4.69) is 96.2 Å².